The van der Waals surface area contributed by atoms with Crippen LogP contribution in [0.5, 0.6) is 0 Å². The van der Waals surface area contributed by atoms with Crippen LogP contribution in [0.1, 0.15) is 59.1 Å². The van der Waals surface area contributed by atoms with E-state index in [0.29, 0.717) is 28.8 Å². The maximum Gasteiger partial charge on any atom is 0.287 e. The summed E-state index contributed by atoms with van der Waals surface area (Å²) in [5.41, 5.74) is 2.71. The molecule has 0 saturated heterocycles. The second-order valence-corrected chi connectivity index (χ2v) is 7.32. The number of fused-ring (bicyclic) bond motifs is 1. The highest BCUT2D eigenvalue weighted by Crippen LogP contribution is 2.24. The lowest BCUT2D eigenvalue weighted by atomic mass is 10.1. The van der Waals surface area contributed by atoms with E-state index in [1.807, 2.05) is 25.3 Å². The third-order valence-corrected chi connectivity index (χ3v) is 4.63. The number of imidazole rings is 1. The zero-order chi connectivity index (χ0) is 18.8. The number of amides is 2. The second-order valence-electron chi connectivity index (χ2n) is 6.88. The van der Waals surface area contributed by atoms with Gasteiger partial charge in [-0.25, -0.2) is 4.98 Å². The van der Waals surface area contributed by atoms with Gasteiger partial charge in [-0.15, -0.1) is 0 Å². The SMILES string of the molecule is Cc1cc(Cl)ccc1NC(=O)c1nc(C(=O)NC(C)C)n2c1CCCC2. The minimum Gasteiger partial charge on any atom is -0.347 e. The van der Waals surface area contributed by atoms with Crippen molar-refractivity contribution in [3.05, 3.63) is 46.0 Å². The number of rotatable bonds is 4. The van der Waals surface area contributed by atoms with Gasteiger partial charge in [0.05, 0.1) is 5.69 Å². The highest BCUT2D eigenvalue weighted by molar-refractivity contribution is 6.30. The Bertz CT molecular complexity index is 857. The van der Waals surface area contributed by atoms with E-state index in [0.717, 1.165) is 30.5 Å². The first kappa shape index (κ1) is 18.5. The number of nitrogens with one attached hydrogen (secondary N) is 2. The van der Waals surface area contributed by atoms with E-state index in [2.05, 4.69) is 15.6 Å². The number of carbonyl (C=O) groups excluding carboxylic acids is 2. The fourth-order valence-electron chi connectivity index (χ4n) is 3.17. The molecule has 138 valence electrons. The minimum absolute atomic E-state index is 0.00744. The standard InChI is InChI=1S/C19H23ClN4O2/c1-11(2)21-19(26)17-23-16(15-6-4-5-9-24(15)17)18(25)22-14-8-7-13(20)10-12(14)3/h7-8,10-11H,4-6,9H2,1-3H3,(H,21,26)(H,22,25). The van der Waals surface area contributed by atoms with Gasteiger partial charge >= 0.3 is 0 Å². The lowest BCUT2D eigenvalue weighted by Crippen LogP contribution is -2.33. The van der Waals surface area contributed by atoms with Crippen LogP contribution in [0.3, 0.4) is 0 Å². The fraction of sp³-hybridized carbons (Fsp3) is 0.421. The minimum atomic E-state index is -0.301. The highest BCUT2D eigenvalue weighted by Gasteiger charge is 2.27. The monoisotopic (exact) mass is 374 g/mol. The topological polar surface area (TPSA) is 76.0 Å². The number of anilines is 1. The zero-order valence-electron chi connectivity index (χ0n) is 15.2. The van der Waals surface area contributed by atoms with Crippen molar-refractivity contribution in [2.75, 3.05) is 5.32 Å². The predicted molar refractivity (Wildman–Crippen MR) is 102 cm³/mol. The molecule has 0 bridgehead atoms. The number of hydrogen-bond acceptors (Lipinski definition) is 3. The Hall–Kier alpha value is -2.34. The summed E-state index contributed by atoms with van der Waals surface area (Å²) in [7, 11) is 0. The van der Waals surface area contributed by atoms with Crippen LogP contribution in [0.2, 0.25) is 5.02 Å². The van der Waals surface area contributed by atoms with Crippen molar-refractivity contribution in [2.24, 2.45) is 0 Å². The van der Waals surface area contributed by atoms with E-state index in [-0.39, 0.29) is 17.9 Å². The number of hydrogen-bond donors (Lipinski definition) is 2. The van der Waals surface area contributed by atoms with Gasteiger partial charge in [0.1, 0.15) is 0 Å². The van der Waals surface area contributed by atoms with Crippen LogP contribution in [-0.4, -0.2) is 27.4 Å². The van der Waals surface area contributed by atoms with E-state index < -0.39 is 0 Å². The molecule has 26 heavy (non-hydrogen) atoms. The Kier molecular flexibility index (Phi) is 5.32. The largest absolute Gasteiger partial charge is 0.347 e. The first-order chi connectivity index (χ1) is 12.4. The molecule has 3 rings (SSSR count). The van der Waals surface area contributed by atoms with Gasteiger partial charge in [-0.3, -0.25) is 9.59 Å². The van der Waals surface area contributed by atoms with E-state index in [1.54, 1.807) is 18.2 Å². The van der Waals surface area contributed by atoms with Crippen molar-refractivity contribution in [1.82, 2.24) is 14.9 Å². The molecular formula is C19H23ClN4O2. The van der Waals surface area contributed by atoms with Crippen LogP contribution >= 0.6 is 11.6 Å². The molecule has 1 aromatic heterocycles. The molecule has 0 unspecified atom stereocenters. The summed E-state index contributed by atoms with van der Waals surface area (Å²) in [6.45, 7) is 6.38. The lowest BCUT2D eigenvalue weighted by Gasteiger charge is -2.17. The summed E-state index contributed by atoms with van der Waals surface area (Å²) in [6, 6.07) is 5.30. The number of halogens is 1. The first-order valence-corrected chi connectivity index (χ1v) is 9.22. The highest BCUT2D eigenvalue weighted by atomic mass is 35.5. The van der Waals surface area contributed by atoms with E-state index in [9.17, 15) is 9.59 Å². The number of benzene rings is 1. The Morgan fingerprint density at radius 1 is 1.23 bits per heavy atom. The van der Waals surface area contributed by atoms with E-state index >= 15 is 0 Å². The summed E-state index contributed by atoms with van der Waals surface area (Å²) in [6.07, 6.45) is 2.70. The summed E-state index contributed by atoms with van der Waals surface area (Å²) in [5.74, 6) is -0.235. The van der Waals surface area contributed by atoms with Gasteiger partial charge in [0.25, 0.3) is 11.8 Å². The van der Waals surface area contributed by atoms with Crippen LogP contribution in [-0.2, 0) is 13.0 Å². The smallest absolute Gasteiger partial charge is 0.287 e. The Balaban J connectivity index is 1.92. The zero-order valence-corrected chi connectivity index (χ0v) is 16.0. The molecule has 0 radical (unpaired) electrons. The van der Waals surface area contributed by atoms with Gasteiger partial charge in [-0.1, -0.05) is 11.6 Å². The fourth-order valence-corrected chi connectivity index (χ4v) is 3.40. The normalized spacial score (nSPS) is 13.4. The maximum absolute atomic E-state index is 12.8. The van der Waals surface area contributed by atoms with Gasteiger partial charge in [-0.05, 0) is 63.8 Å². The quantitative estimate of drug-likeness (QED) is 0.858. The molecule has 1 aromatic carbocycles. The average molecular weight is 375 g/mol. The molecule has 0 atom stereocenters. The molecule has 0 saturated carbocycles. The lowest BCUT2D eigenvalue weighted by molar-refractivity contribution is 0.0927. The van der Waals surface area contributed by atoms with Crippen molar-refractivity contribution in [1.29, 1.82) is 0 Å². The third-order valence-electron chi connectivity index (χ3n) is 4.39. The van der Waals surface area contributed by atoms with E-state index in [4.69, 9.17) is 11.6 Å². The van der Waals surface area contributed by atoms with Crippen LogP contribution in [0.15, 0.2) is 18.2 Å². The van der Waals surface area contributed by atoms with Crippen molar-refractivity contribution in [3.63, 3.8) is 0 Å². The van der Waals surface area contributed by atoms with Crippen LogP contribution < -0.4 is 10.6 Å². The first-order valence-electron chi connectivity index (χ1n) is 8.84. The van der Waals surface area contributed by atoms with Crippen LogP contribution in [0.4, 0.5) is 5.69 Å². The van der Waals surface area contributed by atoms with Crippen molar-refractivity contribution < 1.29 is 9.59 Å². The summed E-state index contributed by atoms with van der Waals surface area (Å²) >= 11 is 5.97. The van der Waals surface area contributed by atoms with Crippen molar-refractivity contribution in [2.45, 2.75) is 52.6 Å². The molecule has 7 heteroatoms. The van der Waals surface area contributed by atoms with Gasteiger partial charge in [0, 0.05) is 23.3 Å². The van der Waals surface area contributed by atoms with E-state index in [1.165, 1.54) is 0 Å². The average Bonchev–Trinajstić information content (AvgIpc) is 2.96. The molecule has 0 aliphatic carbocycles. The summed E-state index contributed by atoms with van der Waals surface area (Å²) < 4.78 is 1.88. The molecule has 1 aliphatic heterocycles. The molecule has 1 aliphatic rings. The number of nitrogens with zero attached hydrogens (tertiary/aromatic N) is 2. The number of carbonyl (C=O) groups is 2. The summed E-state index contributed by atoms with van der Waals surface area (Å²) in [4.78, 5) is 29.7. The van der Waals surface area contributed by atoms with Crippen LogP contribution in [0, 0.1) is 6.92 Å². The van der Waals surface area contributed by atoms with Gasteiger partial charge in [0.2, 0.25) is 0 Å². The van der Waals surface area contributed by atoms with Crippen molar-refractivity contribution in [3.8, 4) is 0 Å². The van der Waals surface area contributed by atoms with Gasteiger partial charge in [0.15, 0.2) is 11.5 Å². The van der Waals surface area contributed by atoms with Crippen LogP contribution in [0.25, 0.3) is 0 Å². The number of aryl methyl sites for hydroxylation is 1. The van der Waals surface area contributed by atoms with Crippen molar-refractivity contribution >= 4 is 29.1 Å². The Labute approximate surface area is 157 Å². The predicted octanol–water partition coefficient (Wildman–Crippen LogP) is 3.57. The Morgan fingerprint density at radius 3 is 2.69 bits per heavy atom. The molecule has 2 amide bonds. The molecule has 2 N–H and O–H groups in total. The maximum atomic E-state index is 12.8. The molecular weight excluding hydrogens is 352 g/mol. The Morgan fingerprint density at radius 2 is 2.00 bits per heavy atom. The molecule has 2 heterocycles. The molecule has 0 fully saturated rings. The van der Waals surface area contributed by atoms with Gasteiger partial charge < -0.3 is 15.2 Å². The molecule has 2 aromatic rings. The van der Waals surface area contributed by atoms with Gasteiger partial charge in [-0.2, -0.15) is 0 Å². The molecule has 0 spiro atoms. The summed E-state index contributed by atoms with van der Waals surface area (Å²) in [5, 5.41) is 6.37. The molecule has 6 nitrogen and oxygen atoms in total. The second kappa shape index (κ2) is 7.50. The third kappa shape index (κ3) is 3.75. The number of aromatic nitrogens is 2.